The molecule has 0 amide bonds. The molecule has 0 saturated heterocycles. The van der Waals surface area contributed by atoms with Crippen molar-refractivity contribution in [2.24, 2.45) is 31.9 Å². The third-order valence-corrected chi connectivity index (χ3v) is 5.16. The molecule has 0 aromatic carbocycles. The van der Waals surface area contributed by atoms with Gasteiger partial charge in [-0.3, -0.25) is 0 Å². The van der Waals surface area contributed by atoms with Crippen molar-refractivity contribution in [1.82, 2.24) is 0 Å². The zero-order valence-electron chi connectivity index (χ0n) is 16.0. The Hall–Kier alpha value is -1.68. The molecule has 0 radical (unpaired) electrons. The maximum Gasteiger partial charge on any atom is 0.0691 e. The van der Waals surface area contributed by atoms with Crippen molar-refractivity contribution in [2.75, 3.05) is 0 Å². The summed E-state index contributed by atoms with van der Waals surface area (Å²) in [4.78, 5) is 0. The van der Waals surface area contributed by atoms with Crippen molar-refractivity contribution in [1.29, 1.82) is 10.5 Å². The van der Waals surface area contributed by atoms with Crippen LogP contribution in [0.3, 0.4) is 0 Å². The molecule has 0 N–H and O–H groups in total. The minimum Gasteiger partial charge on any atom is -0.198 e. The summed E-state index contributed by atoms with van der Waals surface area (Å²) in [6, 6.07) is 4.93. The minimum absolute atomic E-state index is 0.0781. The Bertz CT molecular complexity index is 598. The van der Waals surface area contributed by atoms with Crippen molar-refractivity contribution in [3.05, 3.63) is 0 Å². The molecule has 0 aromatic heterocycles. The van der Waals surface area contributed by atoms with Crippen LogP contribution in [0.15, 0.2) is 10.2 Å². The summed E-state index contributed by atoms with van der Waals surface area (Å²) in [7, 11) is 0. The second-order valence-corrected chi connectivity index (χ2v) is 10.1. The molecule has 2 rings (SSSR count). The third kappa shape index (κ3) is 4.44. The molecule has 2 unspecified atom stereocenters. The lowest BCUT2D eigenvalue weighted by atomic mass is 9.64. The normalized spacial score (nSPS) is 38.5. The average Bonchev–Trinajstić information content (AvgIpc) is 2.41. The maximum absolute atomic E-state index is 9.51. The van der Waals surface area contributed by atoms with Crippen molar-refractivity contribution in [3.63, 3.8) is 0 Å². The van der Waals surface area contributed by atoms with Gasteiger partial charge in [0.25, 0.3) is 0 Å². The van der Waals surface area contributed by atoms with Crippen LogP contribution >= 0.6 is 0 Å². The summed E-state index contributed by atoms with van der Waals surface area (Å²) in [5.41, 5.74) is 1.49. The molecule has 2 saturated carbocycles. The number of nitrogens with zero attached hydrogens (tertiary/aromatic N) is 4. The molecule has 0 aromatic rings. The van der Waals surface area contributed by atoms with Gasteiger partial charge in [0.2, 0.25) is 0 Å². The predicted molar refractivity (Wildman–Crippen MR) is 97.6 cm³/mol. The van der Waals surface area contributed by atoms with Gasteiger partial charge in [-0.1, -0.05) is 27.7 Å². The molecule has 4 nitrogen and oxygen atoms in total. The quantitative estimate of drug-likeness (QED) is 0.616. The molecule has 4 heteroatoms. The highest BCUT2D eigenvalue weighted by molar-refractivity contribution is 5.90. The van der Waals surface area contributed by atoms with Gasteiger partial charge in [0, 0.05) is 24.3 Å². The van der Waals surface area contributed by atoms with E-state index < -0.39 is 0 Å². The zero-order chi connectivity index (χ0) is 18.2. The Morgan fingerprint density at radius 3 is 1.29 bits per heavy atom. The molecular weight excluding hydrogens is 296 g/mol. The summed E-state index contributed by atoms with van der Waals surface area (Å²) >= 11 is 0. The van der Waals surface area contributed by atoms with Gasteiger partial charge in [-0.25, -0.2) is 0 Å². The molecular formula is C20H30N4. The Kier molecular flexibility index (Phi) is 4.66. The van der Waals surface area contributed by atoms with Crippen molar-refractivity contribution in [3.8, 4) is 12.1 Å². The Balaban J connectivity index is 2.26. The van der Waals surface area contributed by atoms with E-state index in [1.807, 2.05) is 13.8 Å². The lowest BCUT2D eigenvalue weighted by molar-refractivity contribution is 0.212. The summed E-state index contributed by atoms with van der Waals surface area (Å²) in [5.74, 6) is 0. The molecule has 2 atom stereocenters. The van der Waals surface area contributed by atoms with Crippen LogP contribution in [-0.2, 0) is 0 Å². The van der Waals surface area contributed by atoms with Crippen LogP contribution in [0.5, 0.6) is 0 Å². The number of rotatable bonds is 1. The number of nitriles is 2. The number of hydrogen-bond acceptors (Lipinski definition) is 4. The summed E-state index contributed by atoms with van der Waals surface area (Å²) in [6.45, 7) is 12.8. The zero-order valence-corrected chi connectivity index (χ0v) is 16.0. The average molecular weight is 326 g/mol. The van der Waals surface area contributed by atoms with E-state index in [0.717, 1.165) is 37.1 Å². The van der Waals surface area contributed by atoms with Crippen LogP contribution in [0.2, 0.25) is 0 Å². The van der Waals surface area contributed by atoms with Gasteiger partial charge in [-0.2, -0.15) is 20.7 Å². The van der Waals surface area contributed by atoms with Gasteiger partial charge < -0.3 is 0 Å². The first-order valence-corrected chi connectivity index (χ1v) is 8.84. The molecule has 0 aliphatic heterocycles. The molecule has 130 valence electrons. The monoisotopic (exact) mass is 326 g/mol. The maximum atomic E-state index is 9.51. The van der Waals surface area contributed by atoms with E-state index in [0.29, 0.717) is 12.8 Å². The molecule has 0 bridgehead atoms. The molecule has 2 aliphatic rings. The van der Waals surface area contributed by atoms with Gasteiger partial charge >= 0.3 is 0 Å². The third-order valence-electron chi connectivity index (χ3n) is 5.16. The summed E-state index contributed by atoms with van der Waals surface area (Å²) < 4.78 is 0. The van der Waals surface area contributed by atoms with Gasteiger partial charge in [0.15, 0.2) is 0 Å². The van der Waals surface area contributed by atoms with E-state index in [9.17, 15) is 10.5 Å². The van der Waals surface area contributed by atoms with Crippen LogP contribution in [0, 0.1) is 44.3 Å². The predicted octanol–water partition coefficient (Wildman–Crippen LogP) is 5.26. The van der Waals surface area contributed by atoms with Crippen LogP contribution in [0.25, 0.3) is 0 Å². The second kappa shape index (κ2) is 5.99. The lowest BCUT2D eigenvalue weighted by Crippen LogP contribution is -2.36. The standard InChI is InChI=1S/C20H30N4/c1-17(2)7-15(9-19(5,11-17)13-21)23-24-16-8-18(3,4)12-20(6,10-16)14-22/h7-12H2,1-6H3/b23-15-,24-16+. The molecule has 0 spiro atoms. The molecule has 0 heterocycles. The minimum atomic E-state index is -0.353. The van der Waals surface area contributed by atoms with Crippen molar-refractivity contribution < 1.29 is 0 Å². The van der Waals surface area contributed by atoms with Gasteiger partial charge in [-0.15, -0.1) is 0 Å². The molecule has 2 fully saturated rings. The SMILES string of the molecule is CC1(C)C/C(=N/N=C2\CC(C)(C)CC(C)(C#N)C2)CC(C)(C#N)C1. The van der Waals surface area contributed by atoms with Crippen LogP contribution in [0.4, 0.5) is 0 Å². The highest BCUT2D eigenvalue weighted by Gasteiger charge is 2.41. The highest BCUT2D eigenvalue weighted by Crippen LogP contribution is 2.46. The Morgan fingerprint density at radius 2 is 1.00 bits per heavy atom. The fourth-order valence-electron chi connectivity index (χ4n) is 4.93. The first kappa shape index (κ1) is 18.7. The lowest BCUT2D eigenvalue weighted by Gasteiger charge is -2.39. The van der Waals surface area contributed by atoms with E-state index in [4.69, 9.17) is 0 Å². The van der Waals surface area contributed by atoms with Crippen LogP contribution < -0.4 is 0 Å². The van der Waals surface area contributed by atoms with E-state index >= 15 is 0 Å². The largest absolute Gasteiger partial charge is 0.198 e. The van der Waals surface area contributed by atoms with Crippen LogP contribution in [0.1, 0.15) is 80.1 Å². The van der Waals surface area contributed by atoms with E-state index in [2.05, 4.69) is 50.0 Å². The summed E-state index contributed by atoms with van der Waals surface area (Å²) in [5, 5.41) is 28.1. The van der Waals surface area contributed by atoms with E-state index in [1.54, 1.807) is 0 Å². The first-order chi connectivity index (χ1) is 10.9. The van der Waals surface area contributed by atoms with Gasteiger partial charge in [0.05, 0.1) is 23.0 Å². The molecule has 24 heavy (non-hydrogen) atoms. The Labute approximate surface area is 146 Å². The smallest absolute Gasteiger partial charge is 0.0691 e. The summed E-state index contributed by atoms with van der Waals surface area (Å²) in [6.07, 6.45) is 4.96. The fourth-order valence-corrected chi connectivity index (χ4v) is 4.93. The van der Waals surface area contributed by atoms with E-state index in [-0.39, 0.29) is 21.7 Å². The van der Waals surface area contributed by atoms with Crippen LogP contribution in [-0.4, -0.2) is 11.4 Å². The van der Waals surface area contributed by atoms with Crippen molar-refractivity contribution >= 4 is 11.4 Å². The van der Waals surface area contributed by atoms with Gasteiger partial charge in [-0.05, 0) is 50.4 Å². The topological polar surface area (TPSA) is 72.3 Å². The Morgan fingerprint density at radius 1 is 0.667 bits per heavy atom. The molecule has 2 aliphatic carbocycles. The second-order valence-electron chi connectivity index (χ2n) is 10.1. The highest BCUT2D eigenvalue weighted by atomic mass is 15.2. The van der Waals surface area contributed by atoms with Gasteiger partial charge in [0.1, 0.15) is 0 Å². The van der Waals surface area contributed by atoms with Crippen molar-refractivity contribution in [2.45, 2.75) is 80.1 Å². The first-order valence-electron chi connectivity index (χ1n) is 8.84. The van der Waals surface area contributed by atoms with E-state index in [1.165, 1.54) is 0 Å². The fraction of sp³-hybridized carbons (Fsp3) is 0.800. The number of hydrogen-bond donors (Lipinski definition) is 0.